The summed E-state index contributed by atoms with van der Waals surface area (Å²) in [6.07, 6.45) is 1.76. The molecule has 1 aromatic carbocycles. The molecule has 0 aliphatic rings. The van der Waals surface area contributed by atoms with Crippen LogP contribution in [0.15, 0.2) is 34.3 Å². The molecule has 36 heavy (non-hydrogen) atoms. The van der Waals surface area contributed by atoms with E-state index in [0.29, 0.717) is 23.8 Å². The second-order valence-electron chi connectivity index (χ2n) is 9.18. The number of benzene rings is 1. The molecule has 0 aliphatic carbocycles. The lowest BCUT2D eigenvalue weighted by Gasteiger charge is -2.25. The Morgan fingerprint density at radius 2 is 1.89 bits per heavy atom. The summed E-state index contributed by atoms with van der Waals surface area (Å²) < 4.78 is 39.6. The van der Waals surface area contributed by atoms with Crippen LogP contribution in [0.1, 0.15) is 6.42 Å². The maximum Gasteiger partial charge on any atom is 0.269 e. The highest BCUT2D eigenvalue weighted by Crippen LogP contribution is 2.35. The number of methoxy groups -OCH3 is 1. The van der Waals surface area contributed by atoms with Crippen molar-refractivity contribution in [2.75, 3.05) is 44.6 Å². The molecule has 0 atom stereocenters. The standard InChI is InChI=1S/C22H32Cl2N4O5S2Si/c1-27(2)19(29)10-12-34-18-14-25-21(22(26-18)32-3)28(15-33-11-13-36(4,5)6)35(30,31)17-9-7-8-16(23)20(17)24/h7-9,14H,10-13,15H2,1-6H3. The van der Waals surface area contributed by atoms with Gasteiger partial charge in [0.15, 0.2) is 0 Å². The zero-order chi connectivity index (χ0) is 27.1. The highest BCUT2D eigenvalue weighted by Gasteiger charge is 2.32. The summed E-state index contributed by atoms with van der Waals surface area (Å²) in [6, 6.07) is 5.22. The van der Waals surface area contributed by atoms with Gasteiger partial charge < -0.3 is 14.4 Å². The number of anilines is 1. The Morgan fingerprint density at radius 1 is 1.19 bits per heavy atom. The Balaban J connectivity index is 2.40. The van der Waals surface area contributed by atoms with Gasteiger partial charge in [-0.2, -0.15) is 0 Å². The van der Waals surface area contributed by atoms with E-state index in [2.05, 4.69) is 29.6 Å². The number of carbonyl (C=O) groups is 1. The second kappa shape index (κ2) is 13.3. The molecule has 2 aromatic rings. The van der Waals surface area contributed by atoms with Gasteiger partial charge in [-0.05, 0) is 18.2 Å². The van der Waals surface area contributed by atoms with E-state index in [1.807, 2.05) is 0 Å². The molecule has 1 heterocycles. The first-order valence-electron chi connectivity index (χ1n) is 11.1. The third kappa shape index (κ3) is 8.49. The van der Waals surface area contributed by atoms with Crippen molar-refractivity contribution in [2.45, 2.75) is 42.0 Å². The van der Waals surface area contributed by atoms with Crippen LogP contribution < -0.4 is 9.04 Å². The molecule has 9 nitrogen and oxygen atoms in total. The van der Waals surface area contributed by atoms with Gasteiger partial charge in [-0.15, -0.1) is 11.8 Å². The Morgan fingerprint density at radius 3 is 2.50 bits per heavy atom. The number of thioether (sulfide) groups is 1. The first kappa shape index (κ1) is 30.6. The van der Waals surface area contributed by atoms with Gasteiger partial charge in [-0.25, -0.2) is 22.7 Å². The molecular weight excluding hydrogens is 563 g/mol. The molecule has 1 aromatic heterocycles. The van der Waals surface area contributed by atoms with Crippen LogP contribution in [0.5, 0.6) is 5.88 Å². The Kier molecular flexibility index (Phi) is 11.3. The third-order valence-electron chi connectivity index (χ3n) is 4.88. The molecule has 0 saturated heterocycles. The number of hydrogen-bond acceptors (Lipinski definition) is 8. The number of carbonyl (C=O) groups excluding carboxylic acids is 1. The molecule has 0 radical (unpaired) electrons. The molecule has 2 rings (SSSR count). The predicted octanol–water partition coefficient (Wildman–Crippen LogP) is 4.87. The summed E-state index contributed by atoms with van der Waals surface area (Å²) in [7, 11) is -0.885. The minimum atomic E-state index is -4.24. The Labute approximate surface area is 228 Å². The van der Waals surface area contributed by atoms with Gasteiger partial charge in [-0.1, -0.05) is 48.9 Å². The fraction of sp³-hybridized carbons (Fsp3) is 0.500. The predicted molar refractivity (Wildman–Crippen MR) is 148 cm³/mol. The van der Waals surface area contributed by atoms with E-state index in [4.69, 9.17) is 32.7 Å². The first-order chi connectivity index (χ1) is 16.8. The monoisotopic (exact) mass is 594 g/mol. The van der Waals surface area contributed by atoms with Crippen LogP contribution in [0.25, 0.3) is 0 Å². The lowest BCUT2D eigenvalue weighted by Crippen LogP contribution is -2.35. The largest absolute Gasteiger partial charge is 0.478 e. The van der Waals surface area contributed by atoms with Gasteiger partial charge in [0.2, 0.25) is 11.7 Å². The molecule has 0 spiro atoms. The van der Waals surface area contributed by atoms with Crippen molar-refractivity contribution in [3.63, 3.8) is 0 Å². The van der Waals surface area contributed by atoms with Crippen molar-refractivity contribution in [3.8, 4) is 5.88 Å². The lowest BCUT2D eigenvalue weighted by atomic mass is 10.4. The summed E-state index contributed by atoms with van der Waals surface area (Å²) in [6.45, 7) is 6.67. The molecule has 14 heteroatoms. The van der Waals surface area contributed by atoms with Gasteiger partial charge in [0, 0.05) is 40.9 Å². The SMILES string of the molecule is COc1nc(SCCC(=O)N(C)C)cnc1N(COCC[Si](C)(C)C)S(=O)(=O)c1cccc(Cl)c1Cl. The van der Waals surface area contributed by atoms with E-state index in [1.54, 1.807) is 14.1 Å². The lowest BCUT2D eigenvalue weighted by molar-refractivity contribution is -0.128. The van der Waals surface area contributed by atoms with Crippen molar-refractivity contribution >= 4 is 64.8 Å². The molecule has 1 amide bonds. The van der Waals surface area contributed by atoms with Crippen molar-refractivity contribution in [2.24, 2.45) is 0 Å². The highest BCUT2D eigenvalue weighted by atomic mass is 35.5. The number of halogens is 2. The molecule has 0 saturated carbocycles. The number of amides is 1. The van der Waals surface area contributed by atoms with E-state index in [0.717, 1.165) is 10.3 Å². The Bertz CT molecular complexity index is 1160. The fourth-order valence-corrected chi connectivity index (χ4v) is 6.32. The summed E-state index contributed by atoms with van der Waals surface area (Å²) in [5, 5.41) is 0.491. The van der Waals surface area contributed by atoms with Gasteiger partial charge >= 0.3 is 0 Å². The van der Waals surface area contributed by atoms with Crippen LogP contribution in [-0.2, 0) is 19.6 Å². The number of nitrogens with zero attached hydrogens (tertiary/aromatic N) is 4. The summed E-state index contributed by atoms with van der Waals surface area (Å²) >= 11 is 13.7. The second-order valence-corrected chi connectivity index (χ2v) is 18.5. The molecular formula is C22H32Cl2N4O5S2Si. The van der Waals surface area contributed by atoms with Gasteiger partial charge in [-0.3, -0.25) is 4.79 Å². The van der Waals surface area contributed by atoms with Crippen molar-refractivity contribution in [3.05, 3.63) is 34.4 Å². The van der Waals surface area contributed by atoms with E-state index in [1.165, 1.54) is 48.2 Å². The van der Waals surface area contributed by atoms with Gasteiger partial charge in [0.25, 0.3) is 15.9 Å². The number of aromatic nitrogens is 2. The number of rotatable bonds is 13. The third-order valence-corrected chi connectivity index (χ3v) is 10.2. The van der Waals surface area contributed by atoms with E-state index in [9.17, 15) is 13.2 Å². The van der Waals surface area contributed by atoms with Crippen LogP contribution >= 0.6 is 35.0 Å². The molecule has 0 fully saturated rings. The highest BCUT2D eigenvalue weighted by molar-refractivity contribution is 7.99. The molecule has 0 bridgehead atoms. The zero-order valence-electron chi connectivity index (χ0n) is 21.2. The number of hydrogen-bond donors (Lipinski definition) is 0. The van der Waals surface area contributed by atoms with Crippen molar-refractivity contribution in [1.82, 2.24) is 14.9 Å². The maximum absolute atomic E-state index is 13.7. The Hall–Kier alpha value is -1.57. The zero-order valence-corrected chi connectivity index (χ0v) is 25.4. The first-order valence-corrected chi connectivity index (χ1v) is 18.0. The van der Waals surface area contributed by atoms with E-state index < -0.39 is 18.1 Å². The topological polar surface area (TPSA) is 102 Å². The quantitative estimate of drug-likeness (QED) is 0.140. The van der Waals surface area contributed by atoms with Crippen LogP contribution in [-0.4, -0.2) is 77.6 Å². The molecule has 0 unspecified atom stereocenters. The molecule has 0 aliphatic heterocycles. The number of ether oxygens (including phenoxy) is 2. The van der Waals surface area contributed by atoms with E-state index in [-0.39, 0.29) is 39.3 Å². The van der Waals surface area contributed by atoms with Crippen molar-refractivity contribution in [1.29, 1.82) is 0 Å². The normalized spacial score (nSPS) is 11.9. The maximum atomic E-state index is 13.7. The average molecular weight is 596 g/mol. The van der Waals surface area contributed by atoms with Crippen LogP contribution in [0.2, 0.25) is 35.7 Å². The van der Waals surface area contributed by atoms with Crippen LogP contribution in [0.4, 0.5) is 5.82 Å². The van der Waals surface area contributed by atoms with Crippen molar-refractivity contribution < 1.29 is 22.7 Å². The number of sulfonamides is 1. The summed E-state index contributed by atoms with van der Waals surface area (Å²) in [4.78, 5) is 21.9. The summed E-state index contributed by atoms with van der Waals surface area (Å²) in [5.41, 5.74) is 0. The fourth-order valence-electron chi connectivity index (χ4n) is 2.77. The smallest absolute Gasteiger partial charge is 0.269 e. The van der Waals surface area contributed by atoms with Crippen LogP contribution in [0.3, 0.4) is 0 Å². The molecule has 200 valence electrons. The van der Waals surface area contributed by atoms with E-state index >= 15 is 0 Å². The molecule has 0 N–H and O–H groups in total. The van der Waals surface area contributed by atoms with Gasteiger partial charge in [0.1, 0.15) is 16.7 Å². The minimum absolute atomic E-state index is 0.00513. The average Bonchev–Trinajstić information content (AvgIpc) is 2.79. The van der Waals surface area contributed by atoms with Gasteiger partial charge in [0.05, 0.1) is 23.4 Å². The van der Waals surface area contributed by atoms with Crippen LogP contribution in [0, 0.1) is 0 Å². The summed E-state index contributed by atoms with van der Waals surface area (Å²) in [5.74, 6) is 0.420. The minimum Gasteiger partial charge on any atom is -0.478 e.